The molecule has 0 aliphatic rings. The molecule has 0 spiro atoms. The molecule has 100 valence electrons. The summed E-state index contributed by atoms with van der Waals surface area (Å²) < 4.78 is 0. The molecule has 0 rings (SSSR count). The van der Waals surface area contributed by atoms with Crippen molar-refractivity contribution in [2.75, 3.05) is 0 Å². The van der Waals surface area contributed by atoms with Crippen LogP contribution in [0.1, 0.15) is 61.3 Å². The quantitative estimate of drug-likeness (QED) is 0.822. The zero-order valence-electron chi connectivity index (χ0n) is 12.3. The number of nitrogens with one attached hydrogen (secondary N) is 1. The first-order valence-corrected chi connectivity index (χ1v) is 6.27. The summed E-state index contributed by atoms with van der Waals surface area (Å²) in [5.74, 6) is 0.0339. The molecule has 0 aromatic carbocycles. The van der Waals surface area contributed by atoms with Crippen LogP contribution in [0.3, 0.4) is 0 Å². The van der Waals surface area contributed by atoms with Crippen LogP contribution in [0.25, 0.3) is 0 Å². The van der Waals surface area contributed by atoms with Crippen LogP contribution in [0.4, 0.5) is 0 Å². The van der Waals surface area contributed by atoms with Gasteiger partial charge in [0.1, 0.15) is 0 Å². The molecule has 0 aromatic heterocycles. The van der Waals surface area contributed by atoms with Crippen molar-refractivity contribution in [3.63, 3.8) is 0 Å². The van der Waals surface area contributed by atoms with Crippen molar-refractivity contribution < 1.29 is 9.59 Å². The van der Waals surface area contributed by atoms with Crippen LogP contribution >= 0.6 is 0 Å². The summed E-state index contributed by atoms with van der Waals surface area (Å²) in [5.41, 5.74) is -0.259. The van der Waals surface area contributed by atoms with E-state index in [-0.39, 0.29) is 17.1 Å². The zero-order chi connectivity index (χ0) is 13.9. The number of amides is 1. The predicted molar refractivity (Wildman–Crippen MR) is 70.8 cm³/mol. The first-order chi connectivity index (χ1) is 7.43. The summed E-state index contributed by atoms with van der Waals surface area (Å²) in [4.78, 5) is 23.6. The van der Waals surface area contributed by atoms with Gasteiger partial charge in [0.25, 0.3) is 0 Å². The molecule has 17 heavy (non-hydrogen) atoms. The van der Waals surface area contributed by atoms with E-state index >= 15 is 0 Å². The first-order valence-electron chi connectivity index (χ1n) is 6.27. The van der Waals surface area contributed by atoms with Gasteiger partial charge in [-0.1, -0.05) is 41.5 Å². The number of rotatable bonds is 4. The van der Waals surface area contributed by atoms with Crippen molar-refractivity contribution in [1.29, 1.82) is 0 Å². The number of hydrogen-bond donors (Lipinski definition) is 1. The molecule has 0 aliphatic heterocycles. The van der Waals surface area contributed by atoms with E-state index in [2.05, 4.69) is 26.1 Å². The minimum Gasteiger partial charge on any atom is -0.347 e. The normalized spacial score (nSPS) is 14.3. The number of carbonyl (C=O) groups excluding carboxylic acids is 2. The third-order valence-corrected chi connectivity index (χ3v) is 2.61. The lowest BCUT2D eigenvalue weighted by molar-refractivity contribution is -0.132. The Morgan fingerprint density at radius 3 is 1.88 bits per heavy atom. The van der Waals surface area contributed by atoms with Crippen LogP contribution in [0, 0.1) is 10.8 Å². The second-order valence-corrected chi connectivity index (χ2v) is 6.96. The molecule has 0 radical (unpaired) electrons. The Morgan fingerprint density at radius 1 is 1.06 bits per heavy atom. The highest BCUT2D eigenvalue weighted by molar-refractivity contribution is 5.92. The smallest absolute Gasteiger partial charge is 0.220 e. The lowest BCUT2D eigenvalue weighted by atomic mass is 9.86. The molecule has 0 aliphatic carbocycles. The molecule has 1 atom stereocenters. The minimum absolute atomic E-state index is 0.0370. The van der Waals surface area contributed by atoms with Gasteiger partial charge in [0, 0.05) is 11.8 Å². The molecule has 0 aromatic rings. The van der Waals surface area contributed by atoms with Crippen molar-refractivity contribution >= 4 is 11.7 Å². The summed E-state index contributed by atoms with van der Waals surface area (Å²) >= 11 is 0. The summed E-state index contributed by atoms with van der Waals surface area (Å²) in [6.07, 6.45) is 1.31. The Kier molecular flexibility index (Phi) is 5.37. The average Bonchev–Trinajstić information content (AvgIpc) is 2.10. The van der Waals surface area contributed by atoms with E-state index in [9.17, 15) is 9.59 Å². The van der Waals surface area contributed by atoms with Crippen LogP contribution in [-0.2, 0) is 9.59 Å². The van der Waals surface area contributed by atoms with Crippen LogP contribution in [-0.4, -0.2) is 17.7 Å². The van der Waals surface area contributed by atoms with Crippen molar-refractivity contribution in [2.45, 2.75) is 67.3 Å². The molecule has 3 nitrogen and oxygen atoms in total. The van der Waals surface area contributed by atoms with E-state index in [4.69, 9.17) is 0 Å². The highest BCUT2D eigenvalue weighted by Gasteiger charge is 2.27. The molecule has 0 saturated carbocycles. The fraction of sp³-hybridized carbons (Fsp3) is 0.857. The van der Waals surface area contributed by atoms with Crippen LogP contribution in [0.5, 0.6) is 0 Å². The minimum atomic E-state index is -0.406. The Bertz CT molecular complexity index is 282. The third kappa shape index (κ3) is 7.14. The van der Waals surface area contributed by atoms with Crippen molar-refractivity contribution in [1.82, 2.24) is 5.32 Å². The number of Topliss-reactive ketones (excluding diaryl/α,β-unsaturated/α-hetero) is 1. The molecular weight excluding hydrogens is 214 g/mol. The van der Waals surface area contributed by atoms with Gasteiger partial charge in [-0.2, -0.15) is 0 Å². The highest BCUT2D eigenvalue weighted by Crippen LogP contribution is 2.20. The van der Waals surface area contributed by atoms with E-state index in [0.29, 0.717) is 6.42 Å². The van der Waals surface area contributed by atoms with Gasteiger partial charge in [-0.05, 0) is 18.8 Å². The molecule has 3 heteroatoms. The standard InChI is InChI=1S/C14H27NO2/c1-10(12(17)14(5,6)7)15-11(16)8-9-13(2,3)4/h10H,8-9H2,1-7H3,(H,15,16). The van der Waals surface area contributed by atoms with Crippen LogP contribution in [0.2, 0.25) is 0 Å². The topological polar surface area (TPSA) is 46.2 Å². The molecule has 0 saturated heterocycles. The molecule has 0 fully saturated rings. The summed E-state index contributed by atoms with van der Waals surface area (Å²) in [7, 11) is 0. The van der Waals surface area contributed by atoms with Gasteiger partial charge < -0.3 is 5.32 Å². The molecule has 1 amide bonds. The van der Waals surface area contributed by atoms with Gasteiger partial charge >= 0.3 is 0 Å². The van der Waals surface area contributed by atoms with Gasteiger partial charge in [0.2, 0.25) is 5.91 Å². The van der Waals surface area contributed by atoms with E-state index in [0.717, 1.165) is 6.42 Å². The van der Waals surface area contributed by atoms with Crippen molar-refractivity contribution in [3.8, 4) is 0 Å². The second-order valence-electron chi connectivity index (χ2n) is 6.96. The predicted octanol–water partition coefficient (Wildman–Crippen LogP) is 2.93. The van der Waals surface area contributed by atoms with E-state index < -0.39 is 11.5 Å². The largest absolute Gasteiger partial charge is 0.347 e. The maximum Gasteiger partial charge on any atom is 0.220 e. The molecule has 1 unspecified atom stereocenters. The fourth-order valence-corrected chi connectivity index (χ4v) is 1.52. The highest BCUT2D eigenvalue weighted by atomic mass is 16.2. The fourth-order valence-electron chi connectivity index (χ4n) is 1.52. The molecule has 0 heterocycles. The summed E-state index contributed by atoms with van der Waals surface area (Å²) in [6.45, 7) is 13.7. The van der Waals surface area contributed by atoms with Crippen molar-refractivity contribution in [3.05, 3.63) is 0 Å². The summed E-state index contributed by atoms with van der Waals surface area (Å²) in [6, 6.07) is -0.400. The van der Waals surface area contributed by atoms with Gasteiger partial charge in [-0.25, -0.2) is 0 Å². The molecule has 0 bridgehead atoms. The zero-order valence-corrected chi connectivity index (χ0v) is 12.3. The van der Waals surface area contributed by atoms with E-state index in [1.807, 2.05) is 20.8 Å². The van der Waals surface area contributed by atoms with Crippen molar-refractivity contribution in [2.24, 2.45) is 10.8 Å². The lowest BCUT2D eigenvalue weighted by Crippen LogP contribution is -2.43. The molecule has 1 N–H and O–H groups in total. The van der Waals surface area contributed by atoms with Gasteiger partial charge in [-0.3, -0.25) is 9.59 Å². The molecular formula is C14H27NO2. The monoisotopic (exact) mass is 241 g/mol. The van der Waals surface area contributed by atoms with E-state index in [1.165, 1.54) is 0 Å². The Labute approximate surface area is 105 Å². The SMILES string of the molecule is CC(NC(=O)CCC(C)(C)C)C(=O)C(C)(C)C. The van der Waals surface area contributed by atoms with E-state index in [1.54, 1.807) is 6.92 Å². The Balaban J connectivity index is 4.18. The van der Waals surface area contributed by atoms with Gasteiger partial charge in [-0.15, -0.1) is 0 Å². The Morgan fingerprint density at radius 2 is 1.53 bits per heavy atom. The summed E-state index contributed by atoms with van der Waals surface area (Å²) in [5, 5.41) is 2.77. The lowest BCUT2D eigenvalue weighted by Gasteiger charge is -2.23. The van der Waals surface area contributed by atoms with Gasteiger partial charge in [0.05, 0.1) is 6.04 Å². The third-order valence-electron chi connectivity index (χ3n) is 2.61. The maximum atomic E-state index is 11.9. The van der Waals surface area contributed by atoms with Crippen LogP contribution in [0.15, 0.2) is 0 Å². The number of carbonyl (C=O) groups is 2. The number of hydrogen-bond acceptors (Lipinski definition) is 2. The average molecular weight is 241 g/mol. The first kappa shape index (κ1) is 16.1. The van der Waals surface area contributed by atoms with Crippen LogP contribution < -0.4 is 5.32 Å². The maximum absolute atomic E-state index is 11.9. The second kappa shape index (κ2) is 5.65. The number of ketones is 1. The Hall–Kier alpha value is -0.860. The van der Waals surface area contributed by atoms with Gasteiger partial charge in [0.15, 0.2) is 5.78 Å².